The van der Waals surface area contributed by atoms with E-state index in [0.29, 0.717) is 6.04 Å². The van der Waals surface area contributed by atoms with E-state index < -0.39 is 0 Å². The maximum absolute atomic E-state index is 4.54. The first-order valence-corrected chi connectivity index (χ1v) is 6.30. The first-order chi connectivity index (χ1) is 8.72. The molecule has 2 aromatic heterocycles. The predicted molar refractivity (Wildman–Crippen MR) is 67.2 cm³/mol. The average Bonchev–Trinajstić information content (AvgIpc) is 2.87. The largest absolute Gasteiger partial charge is 0.297 e. The van der Waals surface area contributed by atoms with Crippen LogP contribution in [0.25, 0.3) is 0 Å². The van der Waals surface area contributed by atoms with Crippen molar-refractivity contribution in [2.45, 2.75) is 26.4 Å². The van der Waals surface area contributed by atoms with E-state index in [-0.39, 0.29) is 0 Å². The average molecular weight is 246 g/mol. The predicted octanol–water partition coefficient (Wildman–Crippen LogP) is 0.648. The van der Waals surface area contributed by atoms with Crippen molar-refractivity contribution in [3.63, 3.8) is 0 Å². The molecule has 0 atom stereocenters. The van der Waals surface area contributed by atoms with Crippen LogP contribution in [0.4, 0.5) is 0 Å². The minimum atomic E-state index is 0.537. The van der Waals surface area contributed by atoms with Gasteiger partial charge in [-0.15, -0.1) is 0 Å². The molecule has 0 saturated carbocycles. The summed E-state index contributed by atoms with van der Waals surface area (Å²) >= 11 is 0. The highest BCUT2D eigenvalue weighted by atomic mass is 15.4. The van der Waals surface area contributed by atoms with E-state index in [1.165, 1.54) is 5.69 Å². The molecule has 3 rings (SSSR count). The molecule has 2 aromatic rings. The Balaban J connectivity index is 1.50. The monoisotopic (exact) mass is 246 g/mol. The Morgan fingerprint density at radius 3 is 2.72 bits per heavy atom. The minimum absolute atomic E-state index is 0.537. The third-order valence-corrected chi connectivity index (χ3v) is 3.44. The Hall–Kier alpha value is -1.69. The summed E-state index contributed by atoms with van der Waals surface area (Å²) in [6, 6.07) is 2.67. The SMILES string of the molecule is Cc1cc(C)n(C2CN(CCn3cncn3)C2)n1. The maximum Gasteiger partial charge on any atom is 0.137 e. The van der Waals surface area contributed by atoms with Crippen LogP contribution in [0.1, 0.15) is 17.4 Å². The smallest absolute Gasteiger partial charge is 0.137 e. The van der Waals surface area contributed by atoms with Crippen LogP contribution in [0.15, 0.2) is 18.7 Å². The third-order valence-electron chi connectivity index (χ3n) is 3.44. The molecule has 0 radical (unpaired) electrons. The molecule has 1 saturated heterocycles. The summed E-state index contributed by atoms with van der Waals surface area (Å²) in [4.78, 5) is 6.36. The van der Waals surface area contributed by atoms with E-state index in [0.717, 1.165) is 31.9 Å². The molecule has 1 aliphatic rings. The van der Waals surface area contributed by atoms with Crippen molar-refractivity contribution in [3.8, 4) is 0 Å². The summed E-state index contributed by atoms with van der Waals surface area (Å²) in [5, 5.41) is 8.64. The van der Waals surface area contributed by atoms with Crippen LogP contribution in [0.2, 0.25) is 0 Å². The van der Waals surface area contributed by atoms with Crippen LogP contribution in [0.5, 0.6) is 0 Å². The summed E-state index contributed by atoms with van der Waals surface area (Å²) < 4.78 is 4.03. The second-order valence-corrected chi connectivity index (χ2v) is 4.94. The molecule has 3 heterocycles. The molecule has 6 nitrogen and oxygen atoms in total. The van der Waals surface area contributed by atoms with Crippen LogP contribution in [-0.2, 0) is 6.54 Å². The quantitative estimate of drug-likeness (QED) is 0.795. The van der Waals surface area contributed by atoms with Gasteiger partial charge >= 0.3 is 0 Å². The summed E-state index contributed by atoms with van der Waals surface area (Å²) in [5.41, 5.74) is 2.36. The minimum Gasteiger partial charge on any atom is -0.297 e. The molecule has 1 aliphatic heterocycles. The second-order valence-electron chi connectivity index (χ2n) is 4.94. The molecule has 18 heavy (non-hydrogen) atoms. The van der Waals surface area contributed by atoms with Crippen molar-refractivity contribution >= 4 is 0 Å². The lowest BCUT2D eigenvalue weighted by atomic mass is 10.1. The molecule has 0 amide bonds. The molecule has 0 aliphatic carbocycles. The Morgan fingerprint density at radius 2 is 2.11 bits per heavy atom. The summed E-state index contributed by atoms with van der Waals surface area (Å²) in [6.45, 7) is 8.26. The van der Waals surface area contributed by atoms with Crippen LogP contribution < -0.4 is 0 Å². The van der Waals surface area contributed by atoms with Gasteiger partial charge in [-0.3, -0.25) is 14.3 Å². The highest BCUT2D eigenvalue weighted by Crippen LogP contribution is 2.22. The van der Waals surface area contributed by atoms with Crippen molar-refractivity contribution < 1.29 is 0 Å². The van der Waals surface area contributed by atoms with Gasteiger partial charge in [0.1, 0.15) is 12.7 Å². The van der Waals surface area contributed by atoms with Gasteiger partial charge in [0.2, 0.25) is 0 Å². The molecule has 0 N–H and O–H groups in total. The van der Waals surface area contributed by atoms with Crippen molar-refractivity contribution in [2.24, 2.45) is 0 Å². The first-order valence-electron chi connectivity index (χ1n) is 6.30. The molecule has 96 valence electrons. The molecule has 0 spiro atoms. The van der Waals surface area contributed by atoms with Crippen molar-refractivity contribution in [1.82, 2.24) is 29.4 Å². The molecule has 0 aromatic carbocycles. The van der Waals surface area contributed by atoms with Gasteiger partial charge in [-0.1, -0.05) is 0 Å². The Morgan fingerprint density at radius 1 is 1.28 bits per heavy atom. The molecular weight excluding hydrogens is 228 g/mol. The van der Waals surface area contributed by atoms with Crippen LogP contribution in [0, 0.1) is 13.8 Å². The lowest BCUT2D eigenvalue weighted by Gasteiger charge is -2.39. The van der Waals surface area contributed by atoms with Gasteiger partial charge in [0.15, 0.2) is 0 Å². The van der Waals surface area contributed by atoms with Gasteiger partial charge in [0.25, 0.3) is 0 Å². The van der Waals surface area contributed by atoms with Gasteiger partial charge in [-0.25, -0.2) is 4.98 Å². The Labute approximate surface area is 106 Å². The number of hydrogen-bond acceptors (Lipinski definition) is 4. The third kappa shape index (κ3) is 2.15. The van der Waals surface area contributed by atoms with E-state index in [2.05, 4.69) is 37.8 Å². The highest BCUT2D eigenvalue weighted by molar-refractivity contribution is 5.09. The van der Waals surface area contributed by atoms with E-state index in [1.54, 1.807) is 12.7 Å². The van der Waals surface area contributed by atoms with E-state index in [4.69, 9.17) is 0 Å². The fourth-order valence-corrected chi connectivity index (χ4v) is 2.49. The molecular formula is C12H18N6. The van der Waals surface area contributed by atoms with Gasteiger partial charge in [-0.05, 0) is 19.9 Å². The number of hydrogen-bond donors (Lipinski definition) is 0. The van der Waals surface area contributed by atoms with Gasteiger partial charge in [0, 0.05) is 25.3 Å². The fraction of sp³-hybridized carbons (Fsp3) is 0.583. The van der Waals surface area contributed by atoms with E-state index in [9.17, 15) is 0 Å². The van der Waals surface area contributed by atoms with Crippen molar-refractivity contribution in [1.29, 1.82) is 0 Å². The molecule has 6 heteroatoms. The maximum atomic E-state index is 4.54. The van der Waals surface area contributed by atoms with E-state index in [1.807, 2.05) is 11.6 Å². The van der Waals surface area contributed by atoms with Gasteiger partial charge < -0.3 is 0 Å². The standard InChI is InChI=1S/C12H18N6/c1-10-5-11(2)18(15-10)12-6-16(7-12)3-4-17-9-13-8-14-17/h5,8-9,12H,3-4,6-7H2,1-2H3. The van der Waals surface area contributed by atoms with Crippen molar-refractivity contribution in [2.75, 3.05) is 19.6 Å². The lowest BCUT2D eigenvalue weighted by molar-refractivity contribution is 0.0918. The molecule has 0 unspecified atom stereocenters. The zero-order chi connectivity index (χ0) is 12.5. The normalized spacial score (nSPS) is 17.0. The Kier molecular flexibility index (Phi) is 2.87. The molecule has 1 fully saturated rings. The van der Waals surface area contributed by atoms with Crippen LogP contribution >= 0.6 is 0 Å². The zero-order valence-electron chi connectivity index (χ0n) is 10.8. The zero-order valence-corrected chi connectivity index (χ0v) is 10.8. The Bertz CT molecular complexity index is 509. The van der Waals surface area contributed by atoms with Crippen LogP contribution in [-0.4, -0.2) is 49.1 Å². The topological polar surface area (TPSA) is 51.8 Å². The molecule has 0 bridgehead atoms. The summed E-state index contributed by atoms with van der Waals surface area (Å²) in [6.07, 6.45) is 3.34. The first kappa shape index (κ1) is 11.4. The van der Waals surface area contributed by atoms with Crippen molar-refractivity contribution in [3.05, 3.63) is 30.1 Å². The summed E-state index contributed by atoms with van der Waals surface area (Å²) in [5.74, 6) is 0. The highest BCUT2D eigenvalue weighted by Gasteiger charge is 2.29. The van der Waals surface area contributed by atoms with Crippen LogP contribution in [0.3, 0.4) is 0 Å². The van der Waals surface area contributed by atoms with E-state index >= 15 is 0 Å². The number of rotatable bonds is 4. The second kappa shape index (κ2) is 4.53. The number of likely N-dealkylation sites (tertiary alicyclic amines) is 1. The van der Waals surface area contributed by atoms with Gasteiger partial charge in [0.05, 0.1) is 18.3 Å². The number of aromatic nitrogens is 5. The summed E-state index contributed by atoms with van der Waals surface area (Å²) in [7, 11) is 0. The number of nitrogens with zero attached hydrogens (tertiary/aromatic N) is 6. The number of aryl methyl sites for hydroxylation is 2. The fourth-order valence-electron chi connectivity index (χ4n) is 2.49. The lowest BCUT2D eigenvalue weighted by Crippen LogP contribution is -2.49. The van der Waals surface area contributed by atoms with Gasteiger partial charge in [-0.2, -0.15) is 10.2 Å².